The summed E-state index contributed by atoms with van der Waals surface area (Å²) in [4.78, 5) is 14.5. The second-order valence-electron chi connectivity index (χ2n) is 6.55. The molecule has 2 N–H and O–H groups in total. The number of likely N-dealkylation sites (N-methyl/N-ethyl adjacent to an activating group) is 1. The van der Waals surface area contributed by atoms with Crippen LogP contribution in [0.1, 0.15) is 29.7 Å². The lowest BCUT2D eigenvalue weighted by atomic mass is 10.1. The first-order valence-electron chi connectivity index (χ1n) is 8.90. The smallest absolute Gasteiger partial charge is 0.319 e. The van der Waals surface area contributed by atoms with Crippen LogP contribution in [0.4, 0.5) is 10.5 Å². The van der Waals surface area contributed by atoms with Crippen molar-refractivity contribution in [1.29, 1.82) is 0 Å². The molecule has 2 amide bonds. The Hall–Kier alpha value is -2.53. The third kappa shape index (κ3) is 4.99. The van der Waals surface area contributed by atoms with Gasteiger partial charge in [-0.15, -0.1) is 0 Å². The Morgan fingerprint density at radius 3 is 2.42 bits per heavy atom. The Bertz CT molecular complexity index is 727. The van der Waals surface area contributed by atoms with Crippen LogP contribution in [0.2, 0.25) is 0 Å². The molecule has 0 aliphatic carbocycles. The molecule has 1 unspecified atom stereocenters. The van der Waals surface area contributed by atoms with E-state index in [1.54, 1.807) is 7.11 Å². The molecule has 0 bridgehead atoms. The Balaban J connectivity index is 2.03. The predicted molar refractivity (Wildman–Crippen MR) is 107 cm³/mol. The number of amides is 2. The van der Waals surface area contributed by atoms with Crippen molar-refractivity contribution in [2.75, 3.05) is 33.1 Å². The fourth-order valence-corrected chi connectivity index (χ4v) is 2.97. The number of carbonyl (C=O) groups is 1. The van der Waals surface area contributed by atoms with Gasteiger partial charge >= 0.3 is 6.03 Å². The topological polar surface area (TPSA) is 53.6 Å². The number of nitrogens with one attached hydrogen (secondary N) is 2. The molecule has 1 atom stereocenters. The summed E-state index contributed by atoms with van der Waals surface area (Å²) in [5, 5.41) is 6.00. The van der Waals surface area contributed by atoms with Crippen LogP contribution < -0.4 is 15.4 Å². The first-order chi connectivity index (χ1) is 12.5. The maximum atomic E-state index is 12.4. The molecule has 26 heavy (non-hydrogen) atoms. The van der Waals surface area contributed by atoms with Crippen LogP contribution in [-0.4, -0.2) is 38.7 Å². The van der Waals surface area contributed by atoms with E-state index in [1.807, 2.05) is 63.5 Å². The second kappa shape index (κ2) is 9.25. The van der Waals surface area contributed by atoms with Gasteiger partial charge in [-0.3, -0.25) is 0 Å². The molecular formula is C21H29N3O2. The maximum Gasteiger partial charge on any atom is 0.319 e. The highest BCUT2D eigenvalue weighted by molar-refractivity contribution is 5.91. The van der Waals surface area contributed by atoms with Crippen molar-refractivity contribution >= 4 is 11.7 Å². The standard InChI is InChI=1S/C21H29N3O2/c1-6-16-9-7-8-15(2)20(16)23-21(25)22-14-19(24(3)4)17-10-12-18(26-5)13-11-17/h7-13,19H,6,14H2,1-5H3,(H2,22,23,25). The van der Waals surface area contributed by atoms with E-state index < -0.39 is 0 Å². The number of para-hydroxylation sites is 1. The molecule has 0 aliphatic heterocycles. The lowest BCUT2D eigenvalue weighted by Crippen LogP contribution is -2.37. The van der Waals surface area contributed by atoms with E-state index in [4.69, 9.17) is 4.74 Å². The highest BCUT2D eigenvalue weighted by Gasteiger charge is 2.16. The molecule has 2 aromatic carbocycles. The minimum atomic E-state index is -0.186. The Morgan fingerprint density at radius 2 is 1.85 bits per heavy atom. The zero-order valence-corrected chi connectivity index (χ0v) is 16.3. The molecule has 2 rings (SSSR count). The van der Waals surface area contributed by atoms with Gasteiger partial charge in [-0.25, -0.2) is 4.79 Å². The van der Waals surface area contributed by atoms with E-state index in [1.165, 1.54) is 0 Å². The quantitative estimate of drug-likeness (QED) is 0.789. The maximum absolute atomic E-state index is 12.4. The lowest BCUT2D eigenvalue weighted by molar-refractivity contribution is 0.243. The normalized spacial score (nSPS) is 11.9. The third-order valence-electron chi connectivity index (χ3n) is 4.56. The Morgan fingerprint density at radius 1 is 1.15 bits per heavy atom. The summed E-state index contributed by atoms with van der Waals surface area (Å²) in [6.45, 7) is 4.61. The molecule has 2 aromatic rings. The van der Waals surface area contributed by atoms with Gasteiger partial charge in [0.2, 0.25) is 0 Å². The van der Waals surface area contributed by atoms with E-state index in [0.717, 1.165) is 34.5 Å². The average Bonchev–Trinajstić information content (AvgIpc) is 2.63. The van der Waals surface area contributed by atoms with Crippen molar-refractivity contribution in [1.82, 2.24) is 10.2 Å². The van der Waals surface area contributed by atoms with E-state index in [-0.39, 0.29) is 12.1 Å². The molecule has 140 valence electrons. The van der Waals surface area contributed by atoms with Crippen LogP contribution in [0.5, 0.6) is 5.75 Å². The van der Waals surface area contributed by atoms with Crippen LogP contribution in [0.15, 0.2) is 42.5 Å². The number of benzene rings is 2. The molecule has 0 aliphatic rings. The highest BCUT2D eigenvalue weighted by Crippen LogP contribution is 2.22. The summed E-state index contributed by atoms with van der Waals surface area (Å²) < 4.78 is 5.21. The van der Waals surface area contributed by atoms with Gasteiger partial charge in [0, 0.05) is 12.2 Å². The van der Waals surface area contributed by atoms with Crippen LogP contribution >= 0.6 is 0 Å². The third-order valence-corrected chi connectivity index (χ3v) is 4.56. The van der Waals surface area contributed by atoms with E-state index >= 15 is 0 Å². The first-order valence-corrected chi connectivity index (χ1v) is 8.90. The largest absolute Gasteiger partial charge is 0.497 e. The minimum Gasteiger partial charge on any atom is -0.497 e. The monoisotopic (exact) mass is 355 g/mol. The number of nitrogens with zero attached hydrogens (tertiary/aromatic N) is 1. The summed E-state index contributed by atoms with van der Waals surface area (Å²) in [6.07, 6.45) is 0.878. The lowest BCUT2D eigenvalue weighted by Gasteiger charge is -2.25. The van der Waals surface area contributed by atoms with Gasteiger partial charge in [0.15, 0.2) is 0 Å². The fraction of sp³-hybridized carbons (Fsp3) is 0.381. The van der Waals surface area contributed by atoms with Gasteiger partial charge in [0.25, 0.3) is 0 Å². The zero-order valence-electron chi connectivity index (χ0n) is 16.3. The molecule has 0 spiro atoms. The second-order valence-corrected chi connectivity index (χ2v) is 6.55. The van der Waals surface area contributed by atoms with Crippen molar-refractivity contribution in [2.45, 2.75) is 26.3 Å². The van der Waals surface area contributed by atoms with Crippen molar-refractivity contribution in [3.8, 4) is 5.75 Å². The van der Waals surface area contributed by atoms with Crippen LogP contribution in [0.25, 0.3) is 0 Å². The number of hydrogen-bond acceptors (Lipinski definition) is 3. The van der Waals surface area contributed by atoms with Crippen molar-refractivity contribution in [3.05, 3.63) is 59.2 Å². The zero-order chi connectivity index (χ0) is 19.1. The number of rotatable bonds is 7. The van der Waals surface area contributed by atoms with Crippen LogP contribution in [0.3, 0.4) is 0 Å². The van der Waals surface area contributed by atoms with Gasteiger partial charge in [-0.1, -0.05) is 37.3 Å². The SMILES string of the molecule is CCc1cccc(C)c1NC(=O)NCC(c1ccc(OC)cc1)N(C)C. The van der Waals surface area contributed by atoms with E-state index in [2.05, 4.69) is 22.5 Å². The minimum absolute atomic E-state index is 0.0779. The first kappa shape index (κ1) is 19.8. The molecule has 0 radical (unpaired) electrons. The Kier molecular flexibility index (Phi) is 7.04. The van der Waals surface area contributed by atoms with Crippen LogP contribution in [0, 0.1) is 6.92 Å². The fourth-order valence-electron chi connectivity index (χ4n) is 2.97. The van der Waals surface area contributed by atoms with Gasteiger partial charge < -0.3 is 20.3 Å². The summed E-state index contributed by atoms with van der Waals surface area (Å²) in [5.74, 6) is 0.823. The molecule has 5 nitrogen and oxygen atoms in total. The van der Waals surface area contributed by atoms with Crippen molar-refractivity contribution < 1.29 is 9.53 Å². The number of aryl methyl sites for hydroxylation is 2. The number of ether oxygens (including phenoxy) is 1. The van der Waals surface area contributed by atoms with E-state index in [9.17, 15) is 4.79 Å². The molecule has 0 fully saturated rings. The van der Waals surface area contributed by atoms with Gasteiger partial charge in [-0.2, -0.15) is 0 Å². The summed E-state index contributed by atoms with van der Waals surface area (Å²) in [5.41, 5.74) is 4.23. The van der Waals surface area contributed by atoms with Gasteiger partial charge in [-0.05, 0) is 56.3 Å². The molecule has 5 heteroatoms. The van der Waals surface area contributed by atoms with Gasteiger partial charge in [0.05, 0.1) is 13.2 Å². The molecule has 0 saturated heterocycles. The summed E-state index contributed by atoms with van der Waals surface area (Å²) in [6, 6.07) is 13.9. The average molecular weight is 355 g/mol. The highest BCUT2D eigenvalue weighted by atomic mass is 16.5. The summed E-state index contributed by atoms with van der Waals surface area (Å²) >= 11 is 0. The number of hydrogen-bond donors (Lipinski definition) is 2. The number of anilines is 1. The van der Waals surface area contributed by atoms with Crippen molar-refractivity contribution in [3.63, 3.8) is 0 Å². The number of carbonyl (C=O) groups excluding carboxylic acids is 1. The Labute approximate surface area is 156 Å². The molecule has 0 saturated carbocycles. The van der Waals surface area contributed by atoms with E-state index in [0.29, 0.717) is 6.54 Å². The molecule has 0 heterocycles. The molecular weight excluding hydrogens is 326 g/mol. The number of methoxy groups -OCH3 is 1. The van der Waals surface area contributed by atoms with Gasteiger partial charge in [0.1, 0.15) is 5.75 Å². The number of urea groups is 1. The predicted octanol–water partition coefficient (Wildman–Crippen LogP) is 3.99. The van der Waals surface area contributed by atoms with Crippen LogP contribution in [-0.2, 0) is 6.42 Å². The molecule has 0 aromatic heterocycles. The van der Waals surface area contributed by atoms with Crippen molar-refractivity contribution in [2.24, 2.45) is 0 Å². The summed E-state index contributed by atoms with van der Waals surface area (Å²) in [7, 11) is 5.66.